The maximum atomic E-state index is 5.28. The molecule has 2 nitrogen and oxygen atoms in total. The summed E-state index contributed by atoms with van der Waals surface area (Å²) in [7, 11) is 1.68. The van der Waals surface area contributed by atoms with Gasteiger partial charge in [0.15, 0.2) is 0 Å². The number of hydrogen-bond donors (Lipinski definition) is 1. The summed E-state index contributed by atoms with van der Waals surface area (Å²) in [5, 5.41) is 3.57. The molecule has 2 rings (SSSR count). The molecule has 0 saturated carbocycles. The highest BCUT2D eigenvalue weighted by atomic mass is 127. The van der Waals surface area contributed by atoms with Crippen LogP contribution in [0.1, 0.15) is 24.1 Å². The molecule has 1 unspecified atom stereocenters. The molecule has 0 amide bonds. The Morgan fingerprint density at radius 2 is 1.90 bits per heavy atom. The standard InChI is InChI=1S/C16H16Br2INO/c1-3-20-16(13-8-10(17)4-7-15(13)19)12-6-5-11(21-2)9-14(12)18/h4-9,16,20H,3H2,1-2H3. The predicted octanol–water partition coefficient (Wildman–Crippen LogP) is 5.52. The van der Waals surface area contributed by atoms with E-state index in [9.17, 15) is 0 Å². The van der Waals surface area contributed by atoms with Gasteiger partial charge in [0.2, 0.25) is 0 Å². The van der Waals surface area contributed by atoms with E-state index in [1.165, 1.54) is 14.7 Å². The third kappa shape index (κ3) is 4.21. The second kappa shape index (κ2) is 7.94. The van der Waals surface area contributed by atoms with Gasteiger partial charge in [-0.25, -0.2) is 0 Å². The van der Waals surface area contributed by atoms with E-state index in [0.29, 0.717) is 0 Å². The van der Waals surface area contributed by atoms with Gasteiger partial charge in [-0.05, 0) is 70.6 Å². The van der Waals surface area contributed by atoms with Crippen LogP contribution in [0.15, 0.2) is 45.3 Å². The van der Waals surface area contributed by atoms with E-state index in [-0.39, 0.29) is 6.04 Å². The monoisotopic (exact) mass is 523 g/mol. The van der Waals surface area contributed by atoms with E-state index in [2.05, 4.69) is 91.0 Å². The molecular formula is C16H16Br2INO. The molecule has 1 N–H and O–H groups in total. The summed E-state index contributed by atoms with van der Waals surface area (Å²) in [6.45, 7) is 3.01. The zero-order valence-electron chi connectivity index (χ0n) is 11.8. The lowest BCUT2D eigenvalue weighted by atomic mass is 9.98. The topological polar surface area (TPSA) is 21.3 Å². The van der Waals surface area contributed by atoms with Crippen LogP contribution in [0.3, 0.4) is 0 Å². The number of benzene rings is 2. The van der Waals surface area contributed by atoms with Crippen LogP contribution in [0.4, 0.5) is 0 Å². The van der Waals surface area contributed by atoms with Crippen LogP contribution in [0.5, 0.6) is 5.75 Å². The molecule has 2 aromatic carbocycles. The van der Waals surface area contributed by atoms with Crippen molar-refractivity contribution in [3.8, 4) is 5.75 Å². The third-order valence-corrected chi connectivity index (χ3v) is 5.36. The summed E-state index contributed by atoms with van der Waals surface area (Å²) in [4.78, 5) is 0. The van der Waals surface area contributed by atoms with Gasteiger partial charge in [0.05, 0.1) is 13.2 Å². The first-order valence-electron chi connectivity index (χ1n) is 6.58. The highest BCUT2D eigenvalue weighted by Crippen LogP contribution is 2.34. The predicted molar refractivity (Wildman–Crippen MR) is 103 cm³/mol. The average Bonchev–Trinajstić information content (AvgIpc) is 2.48. The van der Waals surface area contributed by atoms with Gasteiger partial charge in [-0.1, -0.05) is 44.8 Å². The minimum atomic E-state index is 0.139. The Hall–Kier alpha value is -0.110. The first kappa shape index (κ1) is 17.2. The Morgan fingerprint density at radius 1 is 1.14 bits per heavy atom. The summed E-state index contributed by atoms with van der Waals surface area (Å²) in [6, 6.07) is 12.6. The van der Waals surface area contributed by atoms with Gasteiger partial charge in [0.25, 0.3) is 0 Å². The van der Waals surface area contributed by atoms with Crippen LogP contribution in [0.25, 0.3) is 0 Å². The minimum absolute atomic E-state index is 0.139. The quantitative estimate of drug-likeness (QED) is 0.520. The van der Waals surface area contributed by atoms with E-state index >= 15 is 0 Å². The summed E-state index contributed by atoms with van der Waals surface area (Å²) >= 11 is 9.62. The van der Waals surface area contributed by atoms with Crippen molar-refractivity contribution in [3.05, 3.63) is 60.0 Å². The molecule has 112 valence electrons. The maximum Gasteiger partial charge on any atom is 0.120 e. The second-order valence-electron chi connectivity index (χ2n) is 4.54. The van der Waals surface area contributed by atoms with E-state index in [4.69, 9.17) is 4.74 Å². The molecule has 0 heterocycles. The molecular weight excluding hydrogens is 509 g/mol. The van der Waals surface area contributed by atoms with Gasteiger partial charge in [0, 0.05) is 12.5 Å². The molecule has 0 aliphatic rings. The Labute approximate surface area is 156 Å². The molecule has 1 atom stereocenters. The molecule has 2 aromatic rings. The van der Waals surface area contributed by atoms with Crippen LogP contribution in [-0.4, -0.2) is 13.7 Å². The van der Waals surface area contributed by atoms with Crippen molar-refractivity contribution in [1.82, 2.24) is 5.32 Å². The van der Waals surface area contributed by atoms with E-state index in [1.54, 1.807) is 7.11 Å². The number of ether oxygens (including phenoxy) is 1. The first-order chi connectivity index (χ1) is 10.1. The molecule has 0 radical (unpaired) electrons. The third-order valence-electron chi connectivity index (χ3n) is 3.20. The summed E-state index contributed by atoms with van der Waals surface area (Å²) in [5.74, 6) is 0.852. The lowest BCUT2D eigenvalue weighted by molar-refractivity contribution is 0.414. The van der Waals surface area contributed by atoms with Crippen molar-refractivity contribution in [2.45, 2.75) is 13.0 Å². The fraction of sp³-hybridized carbons (Fsp3) is 0.250. The molecule has 0 aliphatic heterocycles. The number of methoxy groups -OCH3 is 1. The van der Waals surface area contributed by atoms with Crippen LogP contribution in [0.2, 0.25) is 0 Å². The van der Waals surface area contributed by atoms with Gasteiger partial charge in [-0.3, -0.25) is 0 Å². The lowest BCUT2D eigenvalue weighted by Crippen LogP contribution is -2.23. The molecule has 5 heteroatoms. The number of hydrogen-bond acceptors (Lipinski definition) is 2. The Balaban J connectivity index is 2.50. The number of halogens is 3. The Morgan fingerprint density at radius 3 is 2.52 bits per heavy atom. The lowest BCUT2D eigenvalue weighted by Gasteiger charge is -2.22. The number of nitrogens with one attached hydrogen (secondary N) is 1. The van der Waals surface area contributed by atoms with Gasteiger partial charge in [-0.15, -0.1) is 0 Å². The first-order valence-corrected chi connectivity index (χ1v) is 9.25. The Kier molecular flexibility index (Phi) is 6.52. The van der Waals surface area contributed by atoms with Crippen molar-refractivity contribution in [2.75, 3.05) is 13.7 Å². The average molecular weight is 525 g/mol. The van der Waals surface area contributed by atoms with Crippen LogP contribution in [0, 0.1) is 3.57 Å². The van der Waals surface area contributed by atoms with Crippen molar-refractivity contribution in [1.29, 1.82) is 0 Å². The largest absolute Gasteiger partial charge is 0.497 e. The van der Waals surface area contributed by atoms with Crippen molar-refractivity contribution >= 4 is 54.5 Å². The highest BCUT2D eigenvalue weighted by molar-refractivity contribution is 14.1. The summed E-state index contributed by atoms with van der Waals surface area (Å²) < 4.78 is 8.65. The van der Waals surface area contributed by atoms with Crippen molar-refractivity contribution in [2.24, 2.45) is 0 Å². The molecule has 0 bridgehead atoms. The molecule has 0 fully saturated rings. The molecule has 0 aliphatic carbocycles. The van der Waals surface area contributed by atoms with Gasteiger partial charge >= 0.3 is 0 Å². The van der Waals surface area contributed by atoms with Crippen LogP contribution < -0.4 is 10.1 Å². The van der Waals surface area contributed by atoms with Crippen LogP contribution >= 0.6 is 54.5 Å². The zero-order chi connectivity index (χ0) is 15.4. The normalized spacial score (nSPS) is 12.2. The maximum absolute atomic E-state index is 5.28. The Bertz CT molecular complexity index is 634. The molecule has 21 heavy (non-hydrogen) atoms. The fourth-order valence-corrected chi connectivity index (χ4v) is 3.81. The minimum Gasteiger partial charge on any atom is -0.497 e. The van der Waals surface area contributed by atoms with Crippen molar-refractivity contribution in [3.63, 3.8) is 0 Å². The highest BCUT2D eigenvalue weighted by Gasteiger charge is 2.19. The van der Waals surface area contributed by atoms with Crippen molar-refractivity contribution < 1.29 is 4.74 Å². The van der Waals surface area contributed by atoms with E-state index < -0.39 is 0 Å². The fourth-order valence-electron chi connectivity index (χ4n) is 2.20. The number of rotatable bonds is 5. The summed E-state index contributed by atoms with van der Waals surface area (Å²) in [6.07, 6.45) is 0. The zero-order valence-corrected chi connectivity index (χ0v) is 17.1. The molecule has 0 saturated heterocycles. The van der Waals surface area contributed by atoms with E-state index in [0.717, 1.165) is 21.2 Å². The molecule has 0 aromatic heterocycles. The van der Waals surface area contributed by atoms with Gasteiger partial charge in [0.1, 0.15) is 5.75 Å². The molecule has 0 spiro atoms. The van der Waals surface area contributed by atoms with Crippen LogP contribution in [-0.2, 0) is 0 Å². The SMILES string of the molecule is CCNC(c1ccc(OC)cc1Br)c1cc(Br)ccc1I. The van der Waals surface area contributed by atoms with Gasteiger partial charge < -0.3 is 10.1 Å². The van der Waals surface area contributed by atoms with E-state index in [1.807, 2.05) is 12.1 Å². The van der Waals surface area contributed by atoms with Gasteiger partial charge in [-0.2, -0.15) is 0 Å². The summed E-state index contributed by atoms with van der Waals surface area (Å²) in [5.41, 5.74) is 2.46. The second-order valence-corrected chi connectivity index (χ2v) is 7.48. The smallest absolute Gasteiger partial charge is 0.120 e.